The van der Waals surface area contributed by atoms with Crippen LogP contribution in [0.25, 0.3) is 0 Å². The lowest BCUT2D eigenvalue weighted by Crippen LogP contribution is -2.40. The standard InChI is InChI=1S/C26H19BrN2O4/c27-19-15-20(24(30)23(16-19)29(31)32)25-28-22-14-8-7-13-21(22)26(33-25,17-9-3-1-4-10-17)18-11-5-2-6-12-18/h1-16,25,28,30H/t25-/m0/s1. The number of nitro groups is 1. The Morgan fingerprint density at radius 2 is 1.48 bits per heavy atom. The molecule has 0 saturated carbocycles. The van der Waals surface area contributed by atoms with E-state index in [2.05, 4.69) is 21.2 Å². The number of hydrogen-bond donors (Lipinski definition) is 2. The molecule has 4 aromatic carbocycles. The summed E-state index contributed by atoms with van der Waals surface area (Å²) in [6.45, 7) is 0. The number of halogens is 1. The van der Waals surface area contributed by atoms with E-state index in [1.165, 1.54) is 6.07 Å². The van der Waals surface area contributed by atoms with Crippen molar-refractivity contribution in [2.45, 2.75) is 11.8 Å². The van der Waals surface area contributed by atoms with Gasteiger partial charge in [0.1, 0.15) is 5.60 Å². The van der Waals surface area contributed by atoms with Crippen LogP contribution >= 0.6 is 15.9 Å². The van der Waals surface area contributed by atoms with Gasteiger partial charge >= 0.3 is 5.69 Å². The molecule has 1 aliphatic heterocycles. The van der Waals surface area contributed by atoms with Gasteiger partial charge in [-0.25, -0.2) is 0 Å². The maximum atomic E-state index is 11.5. The van der Waals surface area contributed by atoms with Crippen molar-refractivity contribution in [3.8, 4) is 5.75 Å². The van der Waals surface area contributed by atoms with E-state index in [1.807, 2.05) is 84.9 Å². The summed E-state index contributed by atoms with van der Waals surface area (Å²) in [5.74, 6) is -0.435. The third-order valence-electron chi connectivity index (χ3n) is 5.81. The third kappa shape index (κ3) is 3.55. The van der Waals surface area contributed by atoms with Gasteiger partial charge in [0.25, 0.3) is 0 Å². The van der Waals surface area contributed by atoms with E-state index < -0.39 is 28.2 Å². The molecule has 0 bridgehead atoms. The monoisotopic (exact) mass is 502 g/mol. The molecule has 5 rings (SSSR count). The molecule has 0 aromatic heterocycles. The summed E-state index contributed by atoms with van der Waals surface area (Å²) in [5.41, 5.74) is 2.37. The van der Waals surface area contributed by atoms with Crippen LogP contribution in [0.5, 0.6) is 5.75 Å². The molecule has 0 unspecified atom stereocenters. The first-order chi connectivity index (χ1) is 16.0. The van der Waals surface area contributed by atoms with Gasteiger partial charge in [-0.2, -0.15) is 0 Å². The Bertz CT molecular complexity index is 1290. The van der Waals surface area contributed by atoms with Crippen molar-refractivity contribution in [3.05, 3.63) is 134 Å². The maximum absolute atomic E-state index is 11.5. The zero-order chi connectivity index (χ0) is 23.0. The Morgan fingerprint density at radius 3 is 2.09 bits per heavy atom. The molecule has 0 amide bonds. The van der Waals surface area contributed by atoms with Gasteiger partial charge in [0.15, 0.2) is 6.23 Å². The molecule has 0 fully saturated rings. The summed E-state index contributed by atoms with van der Waals surface area (Å²) in [5, 5.41) is 25.7. The second kappa shape index (κ2) is 8.35. The number of nitrogens with zero attached hydrogens (tertiary/aromatic N) is 1. The Labute approximate surface area is 198 Å². The van der Waals surface area contributed by atoms with E-state index in [-0.39, 0.29) is 5.56 Å². The number of anilines is 1. The second-order valence-electron chi connectivity index (χ2n) is 7.72. The number of ether oxygens (including phenoxy) is 1. The molecule has 33 heavy (non-hydrogen) atoms. The lowest BCUT2D eigenvalue weighted by atomic mass is 9.78. The number of aromatic hydroxyl groups is 1. The molecule has 0 aliphatic carbocycles. The Balaban J connectivity index is 1.79. The van der Waals surface area contributed by atoms with Crippen molar-refractivity contribution in [2.75, 3.05) is 5.32 Å². The zero-order valence-electron chi connectivity index (χ0n) is 17.3. The highest BCUT2D eigenvalue weighted by Crippen LogP contribution is 2.51. The van der Waals surface area contributed by atoms with Gasteiger partial charge in [-0.15, -0.1) is 0 Å². The van der Waals surface area contributed by atoms with E-state index >= 15 is 0 Å². The molecule has 164 valence electrons. The van der Waals surface area contributed by atoms with Gasteiger partial charge in [-0.3, -0.25) is 10.1 Å². The van der Waals surface area contributed by atoms with Gasteiger partial charge in [0.2, 0.25) is 5.75 Å². The molecular formula is C26H19BrN2O4. The van der Waals surface area contributed by atoms with E-state index in [4.69, 9.17) is 4.74 Å². The molecule has 0 radical (unpaired) electrons. The number of rotatable bonds is 4. The normalized spacial score (nSPS) is 16.5. The zero-order valence-corrected chi connectivity index (χ0v) is 18.9. The minimum absolute atomic E-state index is 0.266. The first-order valence-corrected chi connectivity index (χ1v) is 11.1. The van der Waals surface area contributed by atoms with Crippen LogP contribution in [-0.2, 0) is 10.3 Å². The van der Waals surface area contributed by atoms with Crippen molar-refractivity contribution in [1.82, 2.24) is 0 Å². The average molecular weight is 503 g/mol. The fourth-order valence-corrected chi connectivity index (χ4v) is 4.84. The van der Waals surface area contributed by atoms with Gasteiger partial charge in [0, 0.05) is 21.8 Å². The minimum Gasteiger partial charge on any atom is -0.502 e. The number of para-hydroxylation sites is 1. The van der Waals surface area contributed by atoms with Crippen molar-refractivity contribution < 1.29 is 14.8 Å². The fraction of sp³-hybridized carbons (Fsp3) is 0.0769. The molecule has 0 spiro atoms. The van der Waals surface area contributed by atoms with Crippen LogP contribution in [0.3, 0.4) is 0 Å². The number of fused-ring (bicyclic) bond motifs is 1. The number of hydrogen-bond acceptors (Lipinski definition) is 5. The number of nitrogens with one attached hydrogen (secondary N) is 1. The topological polar surface area (TPSA) is 84.6 Å². The van der Waals surface area contributed by atoms with Gasteiger partial charge in [-0.05, 0) is 23.3 Å². The van der Waals surface area contributed by atoms with E-state index in [0.717, 1.165) is 22.4 Å². The molecule has 0 saturated heterocycles. The van der Waals surface area contributed by atoms with Crippen LogP contribution < -0.4 is 5.32 Å². The lowest BCUT2D eigenvalue weighted by Gasteiger charge is -2.44. The number of phenolic OH excluding ortho intramolecular Hbond substituents is 1. The van der Waals surface area contributed by atoms with E-state index in [9.17, 15) is 15.2 Å². The predicted octanol–water partition coefficient (Wildman–Crippen LogP) is 6.50. The van der Waals surface area contributed by atoms with Crippen LogP contribution in [0.4, 0.5) is 11.4 Å². The summed E-state index contributed by atoms with van der Waals surface area (Å²) < 4.78 is 7.28. The second-order valence-corrected chi connectivity index (χ2v) is 8.64. The minimum atomic E-state index is -1.02. The third-order valence-corrected chi connectivity index (χ3v) is 6.27. The molecule has 2 N–H and O–H groups in total. The number of benzene rings is 4. The quantitative estimate of drug-likeness (QED) is 0.246. The molecule has 1 heterocycles. The summed E-state index contributed by atoms with van der Waals surface area (Å²) in [6.07, 6.45) is -0.864. The summed E-state index contributed by atoms with van der Waals surface area (Å²) >= 11 is 3.33. The molecule has 6 nitrogen and oxygen atoms in total. The summed E-state index contributed by atoms with van der Waals surface area (Å²) in [4.78, 5) is 10.9. The van der Waals surface area contributed by atoms with Crippen LogP contribution in [-0.4, -0.2) is 10.0 Å². The Morgan fingerprint density at radius 1 is 0.909 bits per heavy atom. The first kappa shape index (κ1) is 21.2. The van der Waals surface area contributed by atoms with Gasteiger partial charge in [-0.1, -0.05) is 94.8 Å². The van der Waals surface area contributed by atoms with Gasteiger partial charge < -0.3 is 15.2 Å². The highest BCUT2D eigenvalue weighted by molar-refractivity contribution is 9.10. The van der Waals surface area contributed by atoms with Crippen LogP contribution in [0.15, 0.2) is 102 Å². The van der Waals surface area contributed by atoms with E-state index in [1.54, 1.807) is 6.07 Å². The van der Waals surface area contributed by atoms with Crippen molar-refractivity contribution >= 4 is 27.3 Å². The fourth-order valence-electron chi connectivity index (χ4n) is 4.37. The lowest BCUT2D eigenvalue weighted by molar-refractivity contribution is -0.386. The average Bonchev–Trinajstić information content (AvgIpc) is 2.85. The van der Waals surface area contributed by atoms with E-state index in [0.29, 0.717) is 4.47 Å². The molecule has 1 atom stereocenters. The van der Waals surface area contributed by atoms with Crippen molar-refractivity contribution in [3.63, 3.8) is 0 Å². The number of nitro benzene ring substituents is 1. The van der Waals surface area contributed by atoms with Crippen LogP contribution in [0, 0.1) is 10.1 Å². The highest BCUT2D eigenvalue weighted by atomic mass is 79.9. The largest absolute Gasteiger partial charge is 0.502 e. The molecule has 7 heteroatoms. The first-order valence-electron chi connectivity index (χ1n) is 10.3. The molecule has 4 aromatic rings. The highest BCUT2D eigenvalue weighted by Gasteiger charge is 2.45. The van der Waals surface area contributed by atoms with Crippen LogP contribution in [0.2, 0.25) is 0 Å². The maximum Gasteiger partial charge on any atom is 0.312 e. The van der Waals surface area contributed by atoms with Gasteiger partial charge in [0.05, 0.1) is 10.5 Å². The molecular weight excluding hydrogens is 484 g/mol. The molecule has 1 aliphatic rings. The van der Waals surface area contributed by atoms with Crippen LogP contribution in [0.1, 0.15) is 28.5 Å². The Hall–Kier alpha value is -3.68. The van der Waals surface area contributed by atoms with Crippen molar-refractivity contribution in [1.29, 1.82) is 0 Å². The smallest absolute Gasteiger partial charge is 0.312 e. The Kier molecular flexibility index (Phi) is 5.36. The number of phenols is 1. The summed E-state index contributed by atoms with van der Waals surface area (Å²) in [6, 6.07) is 30.4. The SMILES string of the molecule is O=[N+]([O-])c1cc(Br)cc([C@H]2Nc3ccccc3C(c3ccccc3)(c3ccccc3)O2)c1O. The summed E-state index contributed by atoms with van der Waals surface area (Å²) in [7, 11) is 0. The van der Waals surface area contributed by atoms with Crippen molar-refractivity contribution in [2.24, 2.45) is 0 Å². The predicted molar refractivity (Wildman–Crippen MR) is 129 cm³/mol.